The Morgan fingerprint density at radius 2 is 2.05 bits per heavy atom. The minimum absolute atomic E-state index is 0.235. The summed E-state index contributed by atoms with van der Waals surface area (Å²) >= 11 is 0. The molecule has 2 atom stereocenters. The van der Waals surface area contributed by atoms with Crippen LogP contribution in [0.5, 0.6) is 0 Å². The molecule has 22 heavy (non-hydrogen) atoms. The van der Waals surface area contributed by atoms with Gasteiger partial charge in [-0.3, -0.25) is 4.90 Å². The molecule has 7 heteroatoms. The number of pyridine rings is 1. The third kappa shape index (κ3) is 2.45. The Bertz CT molecular complexity index is 661. The average molecular weight is 303 g/mol. The van der Waals surface area contributed by atoms with Crippen molar-refractivity contribution in [2.75, 3.05) is 31.1 Å². The van der Waals surface area contributed by atoms with Crippen LogP contribution in [0.3, 0.4) is 0 Å². The maximum absolute atomic E-state index is 13.8. The number of rotatable bonds is 3. The van der Waals surface area contributed by atoms with Gasteiger partial charge in [-0.25, -0.2) is 9.37 Å². The fourth-order valence-corrected chi connectivity index (χ4v) is 3.60. The van der Waals surface area contributed by atoms with Crippen molar-refractivity contribution in [3.63, 3.8) is 0 Å². The van der Waals surface area contributed by atoms with Crippen LogP contribution in [0, 0.1) is 24.6 Å². The zero-order chi connectivity index (χ0) is 15.1. The zero-order valence-electron chi connectivity index (χ0n) is 12.4. The van der Waals surface area contributed by atoms with Gasteiger partial charge in [0.25, 0.3) is 0 Å². The van der Waals surface area contributed by atoms with Gasteiger partial charge in [0.2, 0.25) is 5.89 Å². The summed E-state index contributed by atoms with van der Waals surface area (Å²) in [7, 11) is 0. The highest BCUT2D eigenvalue weighted by atomic mass is 19.1. The minimum atomic E-state index is -0.235. The highest BCUT2D eigenvalue weighted by Crippen LogP contribution is 2.34. The zero-order valence-corrected chi connectivity index (χ0v) is 12.4. The van der Waals surface area contributed by atoms with Crippen molar-refractivity contribution < 1.29 is 8.91 Å². The first kappa shape index (κ1) is 13.6. The molecule has 2 saturated heterocycles. The minimum Gasteiger partial charge on any atom is -0.354 e. The van der Waals surface area contributed by atoms with E-state index in [1.165, 1.54) is 6.07 Å². The molecule has 0 aliphatic carbocycles. The molecule has 4 heterocycles. The van der Waals surface area contributed by atoms with Crippen molar-refractivity contribution in [3.8, 4) is 0 Å². The largest absolute Gasteiger partial charge is 0.354 e. The van der Waals surface area contributed by atoms with Crippen molar-refractivity contribution in [3.05, 3.63) is 35.9 Å². The second kappa shape index (κ2) is 5.31. The van der Waals surface area contributed by atoms with Gasteiger partial charge >= 0.3 is 0 Å². The normalized spacial score (nSPS) is 24.9. The Balaban J connectivity index is 1.39. The van der Waals surface area contributed by atoms with Gasteiger partial charge in [-0.2, -0.15) is 4.98 Å². The SMILES string of the molecule is Cc1noc(CN2CC3CN(c4ncccc4F)CC3C2)n1. The molecule has 0 saturated carbocycles. The molecule has 2 aliphatic rings. The topological polar surface area (TPSA) is 58.3 Å². The van der Waals surface area contributed by atoms with Crippen LogP contribution in [0.4, 0.5) is 10.2 Å². The number of aryl methyl sites for hydroxylation is 1. The Kier molecular flexibility index (Phi) is 3.29. The second-order valence-corrected chi connectivity index (χ2v) is 6.16. The summed E-state index contributed by atoms with van der Waals surface area (Å²) in [5.41, 5.74) is 0. The molecule has 0 amide bonds. The highest BCUT2D eigenvalue weighted by molar-refractivity contribution is 5.41. The molecule has 0 radical (unpaired) electrons. The van der Waals surface area contributed by atoms with Crippen molar-refractivity contribution in [2.24, 2.45) is 11.8 Å². The molecule has 2 aromatic heterocycles. The van der Waals surface area contributed by atoms with E-state index < -0.39 is 0 Å². The van der Waals surface area contributed by atoms with Crippen LogP contribution in [0.25, 0.3) is 0 Å². The van der Waals surface area contributed by atoms with Crippen LogP contribution in [0.2, 0.25) is 0 Å². The van der Waals surface area contributed by atoms with Crippen molar-refractivity contribution in [1.82, 2.24) is 20.0 Å². The molecule has 2 aromatic rings. The van der Waals surface area contributed by atoms with Gasteiger partial charge in [-0.15, -0.1) is 0 Å². The van der Waals surface area contributed by atoms with Crippen LogP contribution in [0.1, 0.15) is 11.7 Å². The lowest BCUT2D eigenvalue weighted by Crippen LogP contribution is -2.29. The van der Waals surface area contributed by atoms with Crippen LogP contribution in [0.15, 0.2) is 22.9 Å². The predicted octanol–water partition coefficient (Wildman–Crippen LogP) is 1.48. The summed E-state index contributed by atoms with van der Waals surface area (Å²) in [6.07, 6.45) is 1.65. The van der Waals surface area contributed by atoms with Crippen LogP contribution in [-0.2, 0) is 6.54 Å². The van der Waals surface area contributed by atoms with Crippen molar-refractivity contribution in [1.29, 1.82) is 0 Å². The van der Waals surface area contributed by atoms with Gasteiger partial charge in [0.1, 0.15) is 0 Å². The van der Waals surface area contributed by atoms with Gasteiger partial charge in [-0.05, 0) is 30.9 Å². The predicted molar refractivity (Wildman–Crippen MR) is 77.7 cm³/mol. The molecule has 0 N–H and O–H groups in total. The van der Waals surface area contributed by atoms with Gasteiger partial charge in [-0.1, -0.05) is 5.16 Å². The third-order valence-electron chi connectivity index (χ3n) is 4.53. The van der Waals surface area contributed by atoms with E-state index in [-0.39, 0.29) is 5.82 Å². The molecule has 6 nitrogen and oxygen atoms in total. The lowest BCUT2D eigenvalue weighted by atomic mass is 10.0. The highest BCUT2D eigenvalue weighted by Gasteiger charge is 2.41. The fraction of sp³-hybridized carbons (Fsp3) is 0.533. The lowest BCUT2D eigenvalue weighted by molar-refractivity contribution is 0.255. The van der Waals surface area contributed by atoms with Gasteiger partial charge in [0.05, 0.1) is 6.54 Å². The Hall–Kier alpha value is -2.02. The van der Waals surface area contributed by atoms with E-state index in [2.05, 4.69) is 24.9 Å². The number of fused-ring (bicyclic) bond motifs is 1. The molecular weight excluding hydrogens is 285 g/mol. The Morgan fingerprint density at radius 3 is 2.68 bits per heavy atom. The van der Waals surface area contributed by atoms with Gasteiger partial charge in [0, 0.05) is 32.4 Å². The Labute approximate surface area is 127 Å². The molecule has 2 aliphatic heterocycles. The fourth-order valence-electron chi connectivity index (χ4n) is 3.60. The third-order valence-corrected chi connectivity index (χ3v) is 4.53. The molecule has 116 valence electrons. The summed E-state index contributed by atoms with van der Waals surface area (Å²) in [4.78, 5) is 12.8. The van der Waals surface area contributed by atoms with Crippen LogP contribution >= 0.6 is 0 Å². The average Bonchev–Trinajstić information content (AvgIpc) is 3.14. The monoisotopic (exact) mass is 303 g/mol. The second-order valence-electron chi connectivity index (χ2n) is 6.16. The van der Waals surface area contributed by atoms with Crippen molar-refractivity contribution >= 4 is 5.82 Å². The molecular formula is C15H18FN5O. The molecule has 2 fully saturated rings. The molecule has 2 unspecified atom stereocenters. The molecule has 0 aromatic carbocycles. The smallest absolute Gasteiger partial charge is 0.240 e. The van der Waals surface area contributed by atoms with Gasteiger partial charge < -0.3 is 9.42 Å². The summed E-state index contributed by atoms with van der Waals surface area (Å²) in [5.74, 6) is 2.68. The Morgan fingerprint density at radius 1 is 1.27 bits per heavy atom. The number of anilines is 1. The van der Waals surface area contributed by atoms with Crippen molar-refractivity contribution in [2.45, 2.75) is 13.5 Å². The maximum Gasteiger partial charge on any atom is 0.240 e. The maximum atomic E-state index is 13.8. The van der Waals surface area contributed by atoms with E-state index in [4.69, 9.17) is 4.52 Å². The number of nitrogens with zero attached hydrogens (tertiary/aromatic N) is 5. The van der Waals surface area contributed by atoms with E-state index in [0.29, 0.717) is 35.9 Å². The molecule has 0 spiro atoms. The summed E-state index contributed by atoms with van der Waals surface area (Å²) in [6.45, 7) is 6.21. The van der Waals surface area contributed by atoms with E-state index in [1.807, 2.05) is 6.92 Å². The first-order valence-corrected chi connectivity index (χ1v) is 7.56. The number of aromatic nitrogens is 3. The van der Waals surface area contributed by atoms with E-state index in [9.17, 15) is 4.39 Å². The lowest BCUT2D eigenvalue weighted by Gasteiger charge is -2.21. The van der Waals surface area contributed by atoms with E-state index >= 15 is 0 Å². The first-order valence-electron chi connectivity index (χ1n) is 7.56. The van der Waals surface area contributed by atoms with E-state index in [0.717, 1.165) is 26.2 Å². The first-order chi connectivity index (χ1) is 10.7. The van der Waals surface area contributed by atoms with Crippen LogP contribution < -0.4 is 4.90 Å². The summed E-state index contributed by atoms with van der Waals surface area (Å²) < 4.78 is 19.0. The van der Waals surface area contributed by atoms with E-state index in [1.54, 1.807) is 12.3 Å². The number of hydrogen-bond acceptors (Lipinski definition) is 6. The number of likely N-dealkylation sites (tertiary alicyclic amines) is 1. The molecule has 0 bridgehead atoms. The molecule has 4 rings (SSSR count). The summed E-state index contributed by atoms with van der Waals surface area (Å²) in [5, 5.41) is 3.82. The van der Waals surface area contributed by atoms with Gasteiger partial charge in [0.15, 0.2) is 17.5 Å². The quantitative estimate of drug-likeness (QED) is 0.856. The summed E-state index contributed by atoms with van der Waals surface area (Å²) in [6, 6.07) is 3.10. The van der Waals surface area contributed by atoms with Crippen LogP contribution in [-0.4, -0.2) is 46.2 Å². The number of hydrogen-bond donors (Lipinski definition) is 0. The standard InChI is InChI=1S/C15H18FN5O/c1-10-18-14(22-19-10)9-20-5-11-7-21(8-12(11)6-20)15-13(16)3-2-4-17-15/h2-4,11-12H,5-9H2,1H3. The number of halogens is 1.